The van der Waals surface area contributed by atoms with Crippen LogP contribution in [0.5, 0.6) is 0 Å². The number of nitrogens with zero attached hydrogens (tertiary/aromatic N) is 2. The molecular weight excluding hydrogens is 212 g/mol. The number of piperidine rings is 1. The summed E-state index contributed by atoms with van der Waals surface area (Å²) in [6.07, 6.45) is 2.60. The molecule has 0 N–H and O–H groups in total. The highest BCUT2D eigenvalue weighted by Gasteiger charge is 2.20. The molecule has 0 spiro atoms. The van der Waals surface area contributed by atoms with E-state index in [1.54, 1.807) is 13.2 Å². The molecule has 0 aromatic carbocycles. The number of rotatable bonds is 2. The van der Waals surface area contributed by atoms with E-state index in [0.717, 1.165) is 31.7 Å². The van der Waals surface area contributed by atoms with E-state index in [2.05, 4.69) is 9.88 Å². The molecule has 0 amide bonds. The SMILES string of the molecule is COC1CCCN(c2cccc(Cl)n2)C1. The second-order valence-corrected chi connectivity index (χ2v) is 4.15. The Labute approximate surface area is 95.0 Å². The molecule has 0 bridgehead atoms. The molecule has 2 rings (SSSR count). The maximum Gasteiger partial charge on any atom is 0.131 e. The van der Waals surface area contributed by atoms with Crippen molar-refractivity contribution in [3.05, 3.63) is 23.4 Å². The summed E-state index contributed by atoms with van der Waals surface area (Å²) in [6.45, 7) is 1.94. The lowest BCUT2D eigenvalue weighted by Crippen LogP contribution is -2.39. The minimum absolute atomic E-state index is 0.319. The average molecular weight is 227 g/mol. The zero-order chi connectivity index (χ0) is 10.7. The second kappa shape index (κ2) is 4.81. The van der Waals surface area contributed by atoms with Crippen LogP contribution in [-0.4, -0.2) is 31.3 Å². The van der Waals surface area contributed by atoms with Gasteiger partial charge in [-0.25, -0.2) is 4.98 Å². The maximum absolute atomic E-state index is 5.87. The van der Waals surface area contributed by atoms with Gasteiger partial charge in [0, 0.05) is 20.2 Å². The largest absolute Gasteiger partial charge is 0.380 e. The zero-order valence-electron chi connectivity index (χ0n) is 8.82. The lowest BCUT2D eigenvalue weighted by Gasteiger charge is -2.32. The summed E-state index contributed by atoms with van der Waals surface area (Å²) in [4.78, 5) is 6.53. The van der Waals surface area contributed by atoms with Gasteiger partial charge < -0.3 is 9.64 Å². The molecule has 1 atom stereocenters. The van der Waals surface area contributed by atoms with Gasteiger partial charge in [0.2, 0.25) is 0 Å². The molecule has 3 nitrogen and oxygen atoms in total. The number of hydrogen-bond acceptors (Lipinski definition) is 3. The fourth-order valence-corrected chi connectivity index (χ4v) is 2.07. The molecule has 0 saturated carbocycles. The Morgan fingerprint density at radius 3 is 3.13 bits per heavy atom. The number of halogens is 1. The summed E-state index contributed by atoms with van der Waals surface area (Å²) in [6, 6.07) is 5.72. The van der Waals surface area contributed by atoms with Gasteiger partial charge in [0.1, 0.15) is 11.0 Å². The Bertz CT molecular complexity index is 332. The van der Waals surface area contributed by atoms with Gasteiger partial charge in [-0.3, -0.25) is 0 Å². The Morgan fingerprint density at radius 1 is 1.53 bits per heavy atom. The Kier molecular flexibility index (Phi) is 3.44. The van der Waals surface area contributed by atoms with Crippen molar-refractivity contribution >= 4 is 17.4 Å². The van der Waals surface area contributed by atoms with E-state index in [1.165, 1.54) is 0 Å². The van der Waals surface area contributed by atoms with Crippen LogP contribution in [0.4, 0.5) is 5.82 Å². The van der Waals surface area contributed by atoms with Crippen LogP contribution in [0, 0.1) is 0 Å². The average Bonchev–Trinajstić information content (AvgIpc) is 2.29. The molecular formula is C11H15ClN2O. The first-order valence-corrected chi connectivity index (χ1v) is 5.57. The number of ether oxygens (including phenoxy) is 1. The first-order valence-electron chi connectivity index (χ1n) is 5.20. The summed E-state index contributed by atoms with van der Waals surface area (Å²) in [5.74, 6) is 0.948. The van der Waals surface area contributed by atoms with Crippen LogP contribution in [-0.2, 0) is 4.74 Å². The Balaban J connectivity index is 2.09. The van der Waals surface area contributed by atoms with Crippen LogP contribution in [0.1, 0.15) is 12.8 Å². The third-order valence-corrected chi connectivity index (χ3v) is 2.95. The van der Waals surface area contributed by atoms with E-state index >= 15 is 0 Å². The van der Waals surface area contributed by atoms with E-state index < -0.39 is 0 Å². The Hall–Kier alpha value is -0.800. The summed E-state index contributed by atoms with van der Waals surface area (Å²) in [7, 11) is 1.76. The van der Waals surface area contributed by atoms with Crippen molar-refractivity contribution in [3.63, 3.8) is 0 Å². The lowest BCUT2D eigenvalue weighted by molar-refractivity contribution is 0.0891. The molecule has 1 fully saturated rings. The van der Waals surface area contributed by atoms with Crippen LogP contribution in [0.3, 0.4) is 0 Å². The van der Waals surface area contributed by atoms with E-state index in [0.29, 0.717) is 11.3 Å². The smallest absolute Gasteiger partial charge is 0.131 e. The molecule has 4 heteroatoms. The maximum atomic E-state index is 5.87. The molecule has 1 aromatic rings. The molecule has 0 aliphatic carbocycles. The standard InChI is InChI=1S/C11H15ClN2O/c1-15-9-4-3-7-14(8-9)11-6-2-5-10(12)13-11/h2,5-6,9H,3-4,7-8H2,1H3. The molecule has 2 heterocycles. The fourth-order valence-electron chi connectivity index (χ4n) is 1.91. The van der Waals surface area contributed by atoms with Crippen LogP contribution in [0.25, 0.3) is 0 Å². The van der Waals surface area contributed by atoms with E-state index in [4.69, 9.17) is 16.3 Å². The zero-order valence-corrected chi connectivity index (χ0v) is 9.57. The highest BCUT2D eigenvalue weighted by molar-refractivity contribution is 6.29. The van der Waals surface area contributed by atoms with E-state index in [1.807, 2.05) is 12.1 Å². The first kappa shape index (κ1) is 10.7. The van der Waals surface area contributed by atoms with Gasteiger partial charge in [0.25, 0.3) is 0 Å². The third kappa shape index (κ3) is 2.61. The van der Waals surface area contributed by atoms with Gasteiger partial charge in [0.05, 0.1) is 6.10 Å². The number of anilines is 1. The van der Waals surface area contributed by atoms with Crippen molar-refractivity contribution in [2.75, 3.05) is 25.1 Å². The second-order valence-electron chi connectivity index (χ2n) is 3.76. The summed E-state index contributed by atoms with van der Waals surface area (Å²) >= 11 is 5.87. The van der Waals surface area contributed by atoms with Crippen molar-refractivity contribution < 1.29 is 4.74 Å². The van der Waals surface area contributed by atoms with Crippen LogP contribution in [0.2, 0.25) is 5.15 Å². The number of hydrogen-bond donors (Lipinski definition) is 0. The third-order valence-electron chi connectivity index (χ3n) is 2.74. The topological polar surface area (TPSA) is 25.4 Å². The molecule has 15 heavy (non-hydrogen) atoms. The molecule has 1 aliphatic heterocycles. The number of aromatic nitrogens is 1. The van der Waals surface area contributed by atoms with Crippen molar-refractivity contribution in [2.45, 2.75) is 18.9 Å². The van der Waals surface area contributed by atoms with Crippen molar-refractivity contribution in [3.8, 4) is 0 Å². The highest BCUT2D eigenvalue weighted by Crippen LogP contribution is 2.20. The van der Waals surface area contributed by atoms with Gasteiger partial charge in [-0.1, -0.05) is 17.7 Å². The monoisotopic (exact) mass is 226 g/mol. The molecule has 1 aliphatic rings. The number of methoxy groups -OCH3 is 1. The van der Waals surface area contributed by atoms with Gasteiger partial charge >= 0.3 is 0 Å². The summed E-state index contributed by atoms with van der Waals surface area (Å²) in [5, 5.41) is 0.548. The Morgan fingerprint density at radius 2 is 2.40 bits per heavy atom. The van der Waals surface area contributed by atoms with Gasteiger partial charge in [0.15, 0.2) is 0 Å². The fraction of sp³-hybridized carbons (Fsp3) is 0.545. The van der Waals surface area contributed by atoms with Crippen molar-refractivity contribution in [2.24, 2.45) is 0 Å². The predicted molar refractivity (Wildman–Crippen MR) is 61.5 cm³/mol. The summed E-state index contributed by atoms with van der Waals surface area (Å²) in [5.41, 5.74) is 0. The molecule has 0 radical (unpaired) electrons. The highest BCUT2D eigenvalue weighted by atomic mass is 35.5. The van der Waals surface area contributed by atoms with Crippen LogP contribution in [0.15, 0.2) is 18.2 Å². The van der Waals surface area contributed by atoms with Crippen molar-refractivity contribution in [1.82, 2.24) is 4.98 Å². The summed E-state index contributed by atoms with van der Waals surface area (Å²) < 4.78 is 5.37. The quantitative estimate of drug-likeness (QED) is 0.724. The van der Waals surface area contributed by atoms with Crippen LogP contribution >= 0.6 is 11.6 Å². The van der Waals surface area contributed by atoms with Crippen LogP contribution < -0.4 is 4.90 Å². The molecule has 1 saturated heterocycles. The minimum Gasteiger partial charge on any atom is -0.380 e. The van der Waals surface area contributed by atoms with Gasteiger partial charge in [-0.15, -0.1) is 0 Å². The molecule has 82 valence electrons. The number of pyridine rings is 1. The molecule has 1 aromatic heterocycles. The first-order chi connectivity index (χ1) is 7.29. The van der Waals surface area contributed by atoms with E-state index in [-0.39, 0.29) is 0 Å². The predicted octanol–water partition coefficient (Wildman–Crippen LogP) is 2.35. The minimum atomic E-state index is 0.319. The molecule has 1 unspecified atom stereocenters. The lowest BCUT2D eigenvalue weighted by atomic mass is 10.1. The van der Waals surface area contributed by atoms with Crippen molar-refractivity contribution in [1.29, 1.82) is 0 Å². The normalized spacial score (nSPS) is 21.7. The van der Waals surface area contributed by atoms with Gasteiger partial charge in [-0.2, -0.15) is 0 Å². The van der Waals surface area contributed by atoms with Gasteiger partial charge in [-0.05, 0) is 25.0 Å². The van der Waals surface area contributed by atoms with E-state index in [9.17, 15) is 0 Å².